The Morgan fingerprint density at radius 1 is 1.40 bits per heavy atom. The molecule has 1 saturated heterocycles. The van der Waals surface area contributed by atoms with Crippen molar-refractivity contribution in [2.45, 2.75) is 52.1 Å². The van der Waals surface area contributed by atoms with Gasteiger partial charge in [-0.1, -0.05) is 13.3 Å². The normalized spacial score (nSPS) is 20.1. The number of hydrogen-bond donors (Lipinski definition) is 2. The Morgan fingerprint density at radius 2 is 2.25 bits per heavy atom. The van der Waals surface area contributed by atoms with Crippen LogP contribution in [0.1, 0.15) is 44.1 Å². The lowest BCUT2D eigenvalue weighted by molar-refractivity contribution is 0.0819. The van der Waals surface area contributed by atoms with Crippen LogP contribution in [0.15, 0.2) is 6.07 Å². The van der Waals surface area contributed by atoms with Gasteiger partial charge in [-0.3, -0.25) is 4.90 Å². The van der Waals surface area contributed by atoms with Gasteiger partial charge in [0.2, 0.25) is 0 Å². The summed E-state index contributed by atoms with van der Waals surface area (Å²) in [6, 6.07) is 2.25. The maximum Gasteiger partial charge on any atom is 0.144 e. The van der Waals surface area contributed by atoms with Crippen LogP contribution in [0.2, 0.25) is 0 Å². The number of anilines is 1. The zero-order chi connectivity index (χ0) is 14.4. The third-order valence-corrected chi connectivity index (χ3v) is 3.76. The number of aliphatic hydroxyl groups excluding tert-OH is 1. The fourth-order valence-corrected chi connectivity index (χ4v) is 2.70. The molecule has 1 aromatic rings. The van der Waals surface area contributed by atoms with Gasteiger partial charge < -0.3 is 10.4 Å². The number of piperidine rings is 1. The van der Waals surface area contributed by atoms with Crippen molar-refractivity contribution in [3.63, 3.8) is 0 Å². The summed E-state index contributed by atoms with van der Waals surface area (Å²) in [6.07, 6.45) is 4.56. The van der Waals surface area contributed by atoms with Crippen molar-refractivity contribution < 1.29 is 5.11 Å². The Morgan fingerprint density at radius 3 is 3.00 bits per heavy atom. The van der Waals surface area contributed by atoms with Gasteiger partial charge in [0.15, 0.2) is 0 Å². The lowest BCUT2D eigenvalue weighted by atomic mass is 10.0. The summed E-state index contributed by atoms with van der Waals surface area (Å²) < 4.78 is 0. The minimum atomic E-state index is 0.229. The van der Waals surface area contributed by atoms with E-state index in [-0.39, 0.29) is 12.6 Å². The molecular weight excluding hydrogens is 252 g/mol. The third-order valence-electron chi connectivity index (χ3n) is 3.76. The van der Waals surface area contributed by atoms with Gasteiger partial charge in [-0.2, -0.15) is 0 Å². The van der Waals surface area contributed by atoms with Crippen LogP contribution in [-0.2, 0) is 6.54 Å². The van der Waals surface area contributed by atoms with Gasteiger partial charge in [-0.15, -0.1) is 0 Å². The van der Waals surface area contributed by atoms with Gasteiger partial charge in [0, 0.05) is 24.3 Å². The fraction of sp³-hybridized carbons (Fsp3) is 0.733. The van der Waals surface area contributed by atoms with E-state index in [0.29, 0.717) is 0 Å². The number of nitrogens with zero attached hydrogens (tertiary/aromatic N) is 3. The molecule has 0 spiro atoms. The Bertz CT molecular complexity index is 424. The van der Waals surface area contributed by atoms with Crippen LogP contribution in [0.25, 0.3) is 0 Å². The number of likely N-dealkylation sites (tertiary alicyclic amines) is 1. The molecule has 1 fully saturated rings. The van der Waals surface area contributed by atoms with Crippen LogP contribution in [0.3, 0.4) is 0 Å². The summed E-state index contributed by atoms with van der Waals surface area (Å²) in [5.41, 5.74) is 0.992. The quantitative estimate of drug-likeness (QED) is 0.833. The number of aromatic nitrogens is 2. The maximum absolute atomic E-state index is 9.47. The third kappa shape index (κ3) is 4.15. The average Bonchev–Trinajstić information content (AvgIpc) is 2.45. The molecule has 5 heteroatoms. The largest absolute Gasteiger partial charge is 0.395 e. The molecule has 1 unspecified atom stereocenters. The second-order valence-corrected chi connectivity index (χ2v) is 5.54. The molecule has 2 heterocycles. The van der Waals surface area contributed by atoms with Gasteiger partial charge in [-0.25, -0.2) is 9.97 Å². The van der Waals surface area contributed by atoms with Crippen molar-refractivity contribution in [1.82, 2.24) is 14.9 Å². The Labute approximate surface area is 121 Å². The average molecular weight is 278 g/mol. The highest BCUT2D eigenvalue weighted by Gasteiger charge is 2.22. The summed E-state index contributed by atoms with van der Waals surface area (Å²) in [4.78, 5) is 11.4. The van der Waals surface area contributed by atoms with Gasteiger partial charge >= 0.3 is 0 Å². The minimum absolute atomic E-state index is 0.229. The smallest absolute Gasteiger partial charge is 0.144 e. The van der Waals surface area contributed by atoms with E-state index in [1.54, 1.807) is 0 Å². The number of nitrogens with one attached hydrogen (secondary N) is 1. The molecule has 0 saturated carbocycles. The first-order valence-corrected chi connectivity index (χ1v) is 7.66. The lowest BCUT2D eigenvalue weighted by Gasteiger charge is -2.33. The van der Waals surface area contributed by atoms with Crippen LogP contribution in [-0.4, -0.2) is 45.7 Å². The van der Waals surface area contributed by atoms with Crippen LogP contribution in [0.4, 0.5) is 5.82 Å². The van der Waals surface area contributed by atoms with E-state index < -0.39 is 0 Å². The Hall–Kier alpha value is -1.20. The first kappa shape index (κ1) is 15.2. The molecular formula is C15H26N4O. The molecule has 0 aromatic carbocycles. The Kier molecular flexibility index (Phi) is 5.73. The molecule has 1 atom stereocenters. The summed E-state index contributed by atoms with van der Waals surface area (Å²) in [6.45, 7) is 7.06. The van der Waals surface area contributed by atoms with Crippen molar-refractivity contribution in [2.24, 2.45) is 0 Å². The molecule has 2 rings (SSSR count). The number of hydrogen-bond acceptors (Lipinski definition) is 5. The van der Waals surface area contributed by atoms with Crippen LogP contribution < -0.4 is 5.32 Å². The lowest BCUT2D eigenvalue weighted by Crippen LogP contribution is -2.41. The molecule has 0 amide bonds. The standard InChI is InChI=1S/C15H26N4O/c1-3-7-16-14-9-12(2)17-15(18-14)10-19-8-5-4-6-13(19)11-20/h9,13,20H,3-8,10-11H2,1-2H3,(H,16,17,18). The van der Waals surface area contributed by atoms with Gasteiger partial charge in [0.05, 0.1) is 13.2 Å². The van der Waals surface area contributed by atoms with E-state index in [9.17, 15) is 5.11 Å². The molecule has 1 aromatic heterocycles. The van der Waals surface area contributed by atoms with E-state index in [1.165, 1.54) is 12.8 Å². The molecule has 0 radical (unpaired) electrons. The summed E-state index contributed by atoms with van der Waals surface area (Å²) >= 11 is 0. The number of aryl methyl sites for hydroxylation is 1. The molecule has 2 N–H and O–H groups in total. The monoisotopic (exact) mass is 278 g/mol. The molecule has 20 heavy (non-hydrogen) atoms. The van der Waals surface area contributed by atoms with Crippen molar-refractivity contribution >= 4 is 5.82 Å². The predicted octanol–water partition coefficient (Wildman–Crippen LogP) is 1.95. The maximum atomic E-state index is 9.47. The van der Waals surface area contributed by atoms with Crippen LogP contribution in [0.5, 0.6) is 0 Å². The molecule has 1 aliphatic heterocycles. The predicted molar refractivity (Wildman–Crippen MR) is 80.7 cm³/mol. The van der Waals surface area contributed by atoms with Crippen molar-refractivity contribution in [2.75, 3.05) is 25.0 Å². The van der Waals surface area contributed by atoms with Gasteiger partial charge in [0.1, 0.15) is 11.6 Å². The van der Waals surface area contributed by atoms with Crippen molar-refractivity contribution in [1.29, 1.82) is 0 Å². The van der Waals surface area contributed by atoms with E-state index in [1.807, 2.05) is 13.0 Å². The van der Waals surface area contributed by atoms with Crippen LogP contribution in [0, 0.1) is 6.92 Å². The van der Waals surface area contributed by atoms with Crippen LogP contribution >= 0.6 is 0 Å². The SMILES string of the molecule is CCCNc1cc(C)nc(CN2CCCCC2CO)n1. The Balaban J connectivity index is 2.05. The fourth-order valence-electron chi connectivity index (χ4n) is 2.70. The first-order valence-electron chi connectivity index (χ1n) is 7.66. The van der Waals surface area contributed by atoms with Gasteiger partial charge in [0.25, 0.3) is 0 Å². The molecule has 0 aliphatic carbocycles. The highest BCUT2D eigenvalue weighted by Crippen LogP contribution is 2.19. The number of aliphatic hydroxyl groups is 1. The summed E-state index contributed by atoms with van der Waals surface area (Å²) in [7, 11) is 0. The van der Waals surface area contributed by atoms with E-state index in [0.717, 1.165) is 49.8 Å². The van der Waals surface area contributed by atoms with E-state index in [2.05, 4.69) is 27.1 Å². The van der Waals surface area contributed by atoms with E-state index >= 15 is 0 Å². The minimum Gasteiger partial charge on any atom is -0.395 e. The van der Waals surface area contributed by atoms with Gasteiger partial charge in [-0.05, 0) is 32.7 Å². The highest BCUT2D eigenvalue weighted by atomic mass is 16.3. The summed E-state index contributed by atoms with van der Waals surface area (Å²) in [5.74, 6) is 1.76. The molecule has 5 nitrogen and oxygen atoms in total. The first-order chi connectivity index (χ1) is 9.72. The van der Waals surface area contributed by atoms with Crippen molar-refractivity contribution in [3.8, 4) is 0 Å². The zero-order valence-corrected chi connectivity index (χ0v) is 12.6. The second kappa shape index (κ2) is 7.55. The second-order valence-electron chi connectivity index (χ2n) is 5.54. The highest BCUT2D eigenvalue weighted by molar-refractivity contribution is 5.35. The van der Waals surface area contributed by atoms with E-state index in [4.69, 9.17) is 0 Å². The topological polar surface area (TPSA) is 61.3 Å². The molecule has 112 valence electrons. The molecule has 0 bridgehead atoms. The van der Waals surface area contributed by atoms with Crippen molar-refractivity contribution in [3.05, 3.63) is 17.6 Å². The molecule has 1 aliphatic rings. The number of rotatable bonds is 6. The summed E-state index contributed by atoms with van der Waals surface area (Å²) in [5, 5.41) is 12.8. The zero-order valence-electron chi connectivity index (χ0n) is 12.6.